The van der Waals surface area contributed by atoms with Crippen molar-refractivity contribution in [1.82, 2.24) is 5.32 Å². The molecule has 0 saturated heterocycles. The average Bonchev–Trinajstić information content (AvgIpc) is 2.98. The molecule has 0 fully saturated rings. The molecule has 2 aromatic rings. The van der Waals surface area contributed by atoms with E-state index in [1.54, 1.807) is 0 Å². The Labute approximate surface area is 150 Å². The lowest BCUT2D eigenvalue weighted by Gasteiger charge is -2.18. The van der Waals surface area contributed by atoms with Gasteiger partial charge >= 0.3 is 0 Å². The highest BCUT2D eigenvalue weighted by Gasteiger charge is 2.22. The van der Waals surface area contributed by atoms with Gasteiger partial charge in [0.1, 0.15) is 0 Å². The molecular weight excluding hydrogens is 312 g/mol. The summed E-state index contributed by atoms with van der Waals surface area (Å²) in [5.74, 6) is 0. The number of hydrogen-bond donors (Lipinski definition) is 2. The van der Waals surface area contributed by atoms with Crippen molar-refractivity contribution in [2.45, 2.75) is 52.0 Å². The Balaban J connectivity index is 1.61. The van der Waals surface area contributed by atoms with Gasteiger partial charge in [-0.3, -0.25) is 0 Å². The van der Waals surface area contributed by atoms with Crippen LogP contribution in [0.1, 0.15) is 54.5 Å². The van der Waals surface area contributed by atoms with Crippen molar-refractivity contribution in [3.8, 4) is 0 Å². The number of thiocarbonyl (C=S) groups is 1. The lowest BCUT2D eigenvalue weighted by Crippen LogP contribution is -2.31. The number of nitrogens with one attached hydrogen (secondary N) is 2. The van der Waals surface area contributed by atoms with Crippen LogP contribution >= 0.6 is 12.2 Å². The third kappa shape index (κ3) is 3.96. The fourth-order valence-electron chi connectivity index (χ4n) is 3.43. The van der Waals surface area contributed by atoms with Crippen LogP contribution in [0.4, 0.5) is 5.69 Å². The molecule has 1 atom stereocenters. The van der Waals surface area contributed by atoms with Crippen LogP contribution in [-0.4, -0.2) is 5.11 Å². The lowest BCUT2D eigenvalue weighted by molar-refractivity contribution is 0.644. The summed E-state index contributed by atoms with van der Waals surface area (Å²) in [6.07, 6.45) is 5.86. The molecule has 0 heterocycles. The van der Waals surface area contributed by atoms with E-state index < -0.39 is 0 Å². The van der Waals surface area contributed by atoms with Gasteiger partial charge in [-0.1, -0.05) is 49.7 Å². The summed E-state index contributed by atoms with van der Waals surface area (Å²) < 4.78 is 0. The van der Waals surface area contributed by atoms with E-state index >= 15 is 0 Å². The van der Waals surface area contributed by atoms with Gasteiger partial charge in [0.25, 0.3) is 0 Å². The maximum Gasteiger partial charge on any atom is 0.171 e. The molecule has 3 heteroatoms. The minimum Gasteiger partial charge on any atom is -0.356 e. The van der Waals surface area contributed by atoms with Crippen LogP contribution in [0.15, 0.2) is 42.5 Å². The summed E-state index contributed by atoms with van der Waals surface area (Å²) >= 11 is 5.54. The number of rotatable bonds is 5. The molecule has 0 radical (unpaired) electrons. The lowest BCUT2D eigenvalue weighted by atomic mass is 10.0. The first kappa shape index (κ1) is 17.0. The number of hydrogen-bond acceptors (Lipinski definition) is 1. The average molecular weight is 339 g/mol. The minimum absolute atomic E-state index is 0.324. The molecule has 2 aromatic carbocycles. The molecule has 1 aliphatic rings. The van der Waals surface area contributed by atoms with Crippen LogP contribution in [0.5, 0.6) is 0 Å². The van der Waals surface area contributed by atoms with E-state index in [0.717, 1.165) is 24.9 Å². The van der Waals surface area contributed by atoms with E-state index in [-0.39, 0.29) is 0 Å². The Morgan fingerprint density at radius 2 is 2.04 bits per heavy atom. The maximum atomic E-state index is 5.54. The standard InChI is InChI=1S/C21H26N2S/c1-3-4-7-16-10-12-19(15(2)14-16)22-21(24)23-20-13-11-17-8-5-6-9-18(17)20/h5-6,8-10,12,14,20H,3-4,7,11,13H2,1-2H3,(H2,22,23,24). The van der Waals surface area contributed by atoms with Gasteiger partial charge in [0.2, 0.25) is 0 Å². The minimum atomic E-state index is 0.324. The highest BCUT2D eigenvalue weighted by Crippen LogP contribution is 2.30. The third-order valence-electron chi connectivity index (χ3n) is 4.80. The fraction of sp³-hybridized carbons (Fsp3) is 0.381. The zero-order valence-corrected chi connectivity index (χ0v) is 15.4. The highest BCUT2D eigenvalue weighted by molar-refractivity contribution is 7.80. The first-order valence-electron chi connectivity index (χ1n) is 8.92. The molecule has 0 aliphatic heterocycles. The van der Waals surface area contributed by atoms with Gasteiger partial charge < -0.3 is 10.6 Å². The zero-order chi connectivity index (χ0) is 16.9. The first-order valence-corrected chi connectivity index (χ1v) is 9.33. The van der Waals surface area contributed by atoms with Crippen molar-refractivity contribution in [2.75, 3.05) is 5.32 Å². The van der Waals surface area contributed by atoms with Crippen LogP contribution in [0.3, 0.4) is 0 Å². The fourth-order valence-corrected chi connectivity index (χ4v) is 3.68. The molecule has 0 bridgehead atoms. The number of unbranched alkanes of at least 4 members (excludes halogenated alkanes) is 1. The van der Waals surface area contributed by atoms with E-state index in [0.29, 0.717) is 11.2 Å². The van der Waals surface area contributed by atoms with E-state index in [1.165, 1.54) is 35.1 Å². The molecule has 0 saturated carbocycles. The second-order valence-corrected chi connectivity index (χ2v) is 7.05. The molecule has 2 nitrogen and oxygen atoms in total. The number of fused-ring (bicyclic) bond motifs is 1. The zero-order valence-electron chi connectivity index (χ0n) is 14.6. The molecule has 3 rings (SSSR count). The summed E-state index contributed by atoms with van der Waals surface area (Å²) in [5, 5.41) is 7.56. The molecule has 0 amide bonds. The molecule has 24 heavy (non-hydrogen) atoms. The predicted molar refractivity (Wildman–Crippen MR) is 107 cm³/mol. The second kappa shape index (κ2) is 7.80. The summed E-state index contributed by atoms with van der Waals surface area (Å²) in [5.41, 5.74) is 6.57. The number of aryl methyl sites for hydroxylation is 3. The molecule has 0 aromatic heterocycles. The number of benzene rings is 2. The maximum absolute atomic E-state index is 5.54. The largest absolute Gasteiger partial charge is 0.356 e. The summed E-state index contributed by atoms with van der Waals surface area (Å²) in [6, 6.07) is 15.6. The Morgan fingerprint density at radius 3 is 2.83 bits per heavy atom. The molecule has 0 spiro atoms. The van der Waals surface area contributed by atoms with E-state index in [9.17, 15) is 0 Å². The normalized spacial score (nSPS) is 15.8. The monoisotopic (exact) mass is 338 g/mol. The molecule has 1 aliphatic carbocycles. The van der Waals surface area contributed by atoms with Gasteiger partial charge in [-0.15, -0.1) is 0 Å². The highest BCUT2D eigenvalue weighted by atomic mass is 32.1. The van der Waals surface area contributed by atoms with Crippen molar-refractivity contribution in [2.24, 2.45) is 0 Å². The van der Waals surface area contributed by atoms with Gasteiger partial charge in [0.05, 0.1) is 6.04 Å². The van der Waals surface area contributed by atoms with E-state index in [2.05, 4.69) is 66.9 Å². The van der Waals surface area contributed by atoms with Gasteiger partial charge in [0, 0.05) is 5.69 Å². The van der Waals surface area contributed by atoms with Crippen LogP contribution in [0.25, 0.3) is 0 Å². The number of anilines is 1. The second-order valence-electron chi connectivity index (χ2n) is 6.64. The smallest absolute Gasteiger partial charge is 0.171 e. The van der Waals surface area contributed by atoms with Crippen molar-refractivity contribution >= 4 is 23.0 Å². The van der Waals surface area contributed by atoms with E-state index in [4.69, 9.17) is 12.2 Å². The summed E-state index contributed by atoms with van der Waals surface area (Å²) in [4.78, 5) is 0. The SMILES string of the molecule is CCCCc1ccc(NC(=S)NC2CCc3ccccc32)c(C)c1. The summed E-state index contributed by atoms with van der Waals surface area (Å²) in [7, 11) is 0. The Bertz CT molecular complexity index is 724. The Morgan fingerprint density at radius 1 is 1.21 bits per heavy atom. The quantitative estimate of drug-likeness (QED) is 0.722. The van der Waals surface area contributed by atoms with Crippen LogP contribution in [-0.2, 0) is 12.8 Å². The third-order valence-corrected chi connectivity index (χ3v) is 5.02. The van der Waals surface area contributed by atoms with Gasteiger partial charge in [-0.05, 0) is 73.1 Å². The van der Waals surface area contributed by atoms with Crippen molar-refractivity contribution in [3.63, 3.8) is 0 Å². The van der Waals surface area contributed by atoms with Gasteiger partial charge in [0.15, 0.2) is 5.11 Å². The molecule has 126 valence electrons. The molecule has 2 N–H and O–H groups in total. The van der Waals surface area contributed by atoms with Crippen molar-refractivity contribution in [1.29, 1.82) is 0 Å². The predicted octanol–water partition coefficient (Wildman–Crippen LogP) is 5.31. The summed E-state index contributed by atoms with van der Waals surface area (Å²) in [6.45, 7) is 4.37. The Kier molecular flexibility index (Phi) is 5.52. The molecule has 1 unspecified atom stereocenters. The van der Waals surface area contributed by atoms with E-state index in [1.807, 2.05) is 0 Å². The first-order chi connectivity index (χ1) is 11.7. The van der Waals surface area contributed by atoms with Crippen LogP contribution < -0.4 is 10.6 Å². The topological polar surface area (TPSA) is 24.1 Å². The Hall–Kier alpha value is -1.87. The van der Waals surface area contributed by atoms with Crippen LogP contribution in [0.2, 0.25) is 0 Å². The molecular formula is C21H26N2S. The van der Waals surface area contributed by atoms with Crippen molar-refractivity contribution < 1.29 is 0 Å². The van der Waals surface area contributed by atoms with Gasteiger partial charge in [-0.25, -0.2) is 0 Å². The van der Waals surface area contributed by atoms with Gasteiger partial charge in [-0.2, -0.15) is 0 Å². The van der Waals surface area contributed by atoms with Crippen LogP contribution in [0, 0.1) is 6.92 Å². The van der Waals surface area contributed by atoms with Crippen molar-refractivity contribution in [3.05, 3.63) is 64.7 Å².